The van der Waals surface area contributed by atoms with Crippen LogP contribution in [0.2, 0.25) is 6.04 Å². The molecule has 0 aliphatic heterocycles. The lowest BCUT2D eigenvalue weighted by Gasteiger charge is -2.30. The van der Waals surface area contributed by atoms with Gasteiger partial charge in [-0.2, -0.15) is 0 Å². The summed E-state index contributed by atoms with van der Waals surface area (Å²) in [6.45, 7) is 9.31. The van der Waals surface area contributed by atoms with Crippen LogP contribution in [0.5, 0.6) is 0 Å². The first-order chi connectivity index (χ1) is 10.3. The van der Waals surface area contributed by atoms with E-state index in [2.05, 4.69) is 0 Å². The summed E-state index contributed by atoms with van der Waals surface area (Å²) in [4.78, 5) is 0. The Kier molecular flexibility index (Phi) is 11.4. The Balaban J connectivity index is 4.85. The molecule has 0 bridgehead atoms. The summed E-state index contributed by atoms with van der Waals surface area (Å²) in [5, 5.41) is 18.7. The lowest BCUT2D eigenvalue weighted by Crippen LogP contribution is -2.46. The maximum atomic E-state index is 9.65. The summed E-state index contributed by atoms with van der Waals surface area (Å²) in [6.07, 6.45) is 0.901. The predicted octanol–water partition coefficient (Wildman–Crippen LogP) is 3.84. The van der Waals surface area contributed by atoms with E-state index in [9.17, 15) is 10.2 Å². The largest absolute Gasteiger partial charge is 0.502 e. The first-order valence-electron chi connectivity index (χ1n) is 7.68. The van der Waals surface area contributed by atoms with E-state index in [1.165, 1.54) is 0 Å². The van der Waals surface area contributed by atoms with Gasteiger partial charge >= 0.3 is 8.80 Å². The molecule has 0 aromatic heterocycles. The molecule has 0 aliphatic carbocycles. The molecule has 0 amide bonds. The SMILES string of the molecule is CCO[Si](CCC(C)C(CC(O)=S)C(O)=S)(OCC)OCC. The number of hydrogen-bond acceptors (Lipinski definition) is 5. The fraction of sp³-hybridized carbons (Fsp3) is 0.857. The van der Waals surface area contributed by atoms with Crippen molar-refractivity contribution >= 4 is 43.3 Å². The van der Waals surface area contributed by atoms with Gasteiger partial charge in [-0.15, -0.1) is 0 Å². The van der Waals surface area contributed by atoms with Gasteiger partial charge in [0.2, 0.25) is 0 Å². The van der Waals surface area contributed by atoms with E-state index in [4.69, 9.17) is 37.7 Å². The molecule has 8 heteroatoms. The molecule has 2 N–H and O–H groups in total. The van der Waals surface area contributed by atoms with Crippen molar-refractivity contribution in [2.45, 2.75) is 46.6 Å². The van der Waals surface area contributed by atoms with Crippen LogP contribution in [0, 0.1) is 11.8 Å². The van der Waals surface area contributed by atoms with Crippen LogP contribution in [-0.4, -0.2) is 48.9 Å². The number of rotatable bonds is 13. The summed E-state index contributed by atoms with van der Waals surface area (Å²) in [5.41, 5.74) is 0. The highest BCUT2D eigenvalue weighted by atomic mass is 32.1. The van der Waals surface area contributed by atoms with Crippen LogP contribution in [-0.2, 0) is 13.3 Å². The van der Waals surface area contributed by atoms with Gasteiger partial charge in [0.05, 0.1) is 0 Å². The number of aliphatic hydroxyl groups is 2. The van der Waals surface area contributed by atoms with Gasteiger partial charge in [0.1, 0.15) is 0 Å². The van der Waals surface area contributed by atoms with Crippen LogP contribution in [0.4, 0.5) is 0 Å². The van der Waals surface area contributed by atoms with E-state index in [1.54, 1.807) is 0 Å². The van der Waals surface area contributed by atoms with E-state index in [-0.39, 0.29) is 28.4 Å². The van der Waals surface area contributed by atoms with E-state index in [1.807, 2.05) is 27.7 Å². The second-order valence-corrected chi connectivity index (χ2v) is 8.66. The summed E-state index contributed by atoms with van der Waals surface area (Å²) in [5.74, 6) is -0.306. The molecule has 5 nitrogen and oxygen atoms in total. The van der Waals surface area contributed by atoms with Crippen molar-refractivity contribution in [2.24, 2.45) is 11.8 Å². The maximum absolute atomic E-state index is 9.65. The lowest BCUT2D eigenvalue weighted by atomic mass is 9.90. The highest BCUT2D eigenvalue weighted by Gasteiger charge is 2.41. The smallest absolute Gasteiger partial charge is 0.500 e. The molecule has 0 aliphatic rings. The number of thiocarbonyl (C=S) groups is 2. The lowest BCUT2D eigenvalue weighted by molar-refractivity contribution is 0.0693. The Hall–Kier alpha value is -0.123. The van der Waals surface area contributed by atoms with Gasteiger partial charge in [0.25, 0.3) is 0 Å². The Morgan fingerprint density at radius 3 is 1.77 bits per heavy atom. The minimum Gasteiger partial charge on any atom is -0.502 e. The van der Waals surface area contributed by atoms with Crippen LogP contribution in [0.25, 0.3) is 0 Å². The fourth-order valence-electron chi connectivity index (χ4n) is 2.33. The van der Waals surface area contributed by atoms with Crippen LogP contribution >= 0.6 is 24.4 Å². The van der Waals surface area contributed by atoms with Crippen molar-refractivity contribution in [3.63, 3.8) is 0 Å². The van der Waals surface area contributed by atoms with Crippen molar-refractivity contribution in [3.05, 3.63) is 0 Å². The molecule has 0 fully saturated rings. The molecule has 2 atom stereocenters. The second-order valence-electron chi connectivity index (χ2n) is 5.04. The second kappa shape index (κ2) is 11.4. The molecule has 0 aromatic rings. The molecule has 0 rings (SSSR count). The highest BCUT2D eigenvalue weighted by Crippen LogP contribution is 2.27. The molecule has 2 unspecified atom stereocenters. The van der Waals surface area contributed by atoms with Crippen molar-refractivity contribution in [1.29, 1.82) is 0 Å². The topological polar surface area (TPSA) is 68.2 Å². The summed E-state index contributed by atoms with van der Waals surface area (Å²) in [7, 11) is -2.70. The molecule has 0 saturated carbocycles. The van der Waals surface area contributed by atoms with Gasteiger partial charge < -0.3 is 23.5 Å². The quantitative estimate of drug-likeness (QED) is 0.378. The van der Waals surface area contributed by atoms with Crippen molar-refractivity contribution in [3.8, 4) is 0 Å². The van der Waals surface area contributed by atoms with E-state index < -0.39 is 8.80 Å². The van der Waals surface area contributed by atoms with E-state index in [0.717, 1.165) is 0 Å². The Bertz CT molecular complexity index is 337. The van der Waals surface area contributed by atoms with Gasteiger partial charge in [-0.1, -0.05) is 6.92 Å². The van der Waals surface area contributed by atoms with Gasteiger partial charge in [0, 0.05) is 38.2 Å². The van der Waals surface area contributed by atoms with Crippen LogP contribution in [0.15, 0.2) is 0 Å². The molecule has 0 aromatic carbocycles. The summed E-state index contributed by atoms with van der Waals surface area (Å²) in [6, 6.07) is 0.640. The van der Waals surface area contributed by atoms with Crippen molar-refractivity contribution in [2.75, 3.05) is 19.8 Å². The molecule has 0 saturated heterocycles. The predicted molar refractivity (Wildman–Crippen MR) is 97.8 cm³/mol. The van der Waals surface area contributed by atoms with Crippen LogP contribution in [0.1, 0.15) is 40.5 Å². The first kappa shape index (κ1) is 21.9. The molecule has 130 valence electrons. The third-order valence-corrected chi connectivity index (χ3v) is 6.95. The molecule has 0 radical (unpaired) electrons. The Morgan fingerprint density at radius 2 is 1.45 bits per heavy atom. The third kappa shape index (κ3) is 7.93. The van der Waals surface area contributed by atoms with Gasteiger partial charge in [0.15, 0.2) is 10.1 Å². The standard InChI is InChI=1S/C14H28O5S2Si/c1-5-17-22(18-6-2,19-7-3)9-8-11(4)12(14(16)21)10-13(15)20/h11-12H,5-10H2,1-4H3,(H,15,20)(H,16,21). The Morgan fingerprint density at radius 1 is 1.00 bits per heavy atom. The first-order valence-corrected chi connectivity index (χ1v) is 10.4. The van der Waals surface area contributed by atoms with Crippen LogP contribution in [0.3, 0.4) is 0 Å². The average Bonchev–Trinajstić information content (AvgIpc) is 2.42. The monoisotopic (exact) mass is 368 g/mol. The number of hydrogen-bond donors (Lipinski definition) is 2. The highest BCUT2D eigenvalue weighted by molar-refractivity contribution is 7.80. The summed E-state index contributed by atoms with van der Waals surface area (Å²) < 4.78 is 17.4. The minimum atomic E-state index is -2.70. The zero-order valence-corrected chi connectivity index (χ0v) is 16.5. The van der Waals surface area contributed by atoms with Gasteiger partial charge in [-0.3, -0.25) is 0 Å². The molecular formula is C14H28O5S2Si. The normalized spacial score (nSPS) is 14.5. The van der Waals surface area contributed by atoms with E-state index >= 15 is 0 Å². The Labute approximate surface area is 145 Å². The summed E-state index contributed by atoms with van der Waals surface area (Å²) >= 11 is 9.59. The zero-order chi connectivity index (χ0) is 17.2. The van der Waals surface area contributed by atoms with Gasteiger partial charge in [-0.05, 0) is 57.5 Å². The maximum Gasteiger partial charge on any atom is 0.500 e. The molecular weight excluding hydrogens is 340 g/mol. The number of aliphatic hydroxyl groups excluding tert-OH is 2. The fourth-order valence-corrected chi connectivity index (χ4v) is 5.63. The third-order valence-electron chi connectivity index (χ3n) is 3.40. The average molecular weight is 369 g/mol. The zero-order valence-electron chi connectivity index (χ0n) is 13.8. The van der Waals surface area contributed by atoms with Crippen LogP contribution < -0.4 is 0 Å². The van der Waals surface area contributed by atoms with Crippen molar-refractivity contribution < 1.29 is 23.5 Å². The molecule has 0 heterocycles. The van der Waals surface area contributed by atoms with Gasteiger partial charge in [-0.25, -0.2) is 0 Å². The van der Waals surface area contributed by atoms with E-state index in [0.29, 0.717) is 32.3 Å². The van der Waals surface area contributed by atoms with Crippen molar-refractivity contribution in [1.82, 2.24) is 0 Å². The molecule has 22 heavy (non-hydrogen) atoms. The molecule has 0 spiro atoms. The minimum absolute atomic E-state index is 0.0378.